The minimum atomic E-state index is 0.199. The van der Waals surface area contributed by atoms with Crippen molar-refractivity contribution in [2.24, 2.45) is 0 Å². The molecule has 2 aromatic rings. The van der Waals surface area contributed by atoms with Crippen LogP contribution in [0.3, 0.4) is 0 Å². The van der Waals surface area contributed by atoms with E-state index in [9.17, 15) is 4.79 Å². The van der Waals surface area contributed by atoms with E-state index in [1.165, 1.54) is 0 Å². The van der Waals surface area contributed by atoms with E-state index in [1.807, 2.05) is 29.2 Å². The Bertz CT molecular complexity index is 591. The molecule has 110 valence electrons. The normalized spacial score (nSPS) is 15.1. The predicted octanol–water partition coefficient (Wildman–Crippen LogP) is 1.06. The fourth-order valence-electron chi connectivity index (χ4n) is 2.42. The number of ether oxygens (including phenoxy) is 1. The molecular formula is C15H18N4O2. The molecule has 1 aromatic heterocycles. The van der Waals surface area contributed by atoms with Crippen LogP contribution in [0, 0.1) is 0 Å². The van der Waals surface area contributed by atoms with E-state index in [-0.39, 0.29) is 5.91 Å². The van der Waals surface area contributed by atoms with Crippen LogP contribution < -0.4 is 0 Å². The maximum Gasteiger partial charge on any atom is 0.223 e. The van der Waals surface area contributed by atoms with E-state index in [0.29, 0.717) is 32.7 Å². The maximum atomic E-state index is 12.1. The smallest absolute Gasteiger partial charge is 0.223 e. The molecule has 0 N–H and O–H groups in total. The third-order valence-electron chi connectivity index (χ3n) is 3.59. The Labute approximate surface area is 123 Å². The van der Waals surface area contributed by atoms with E-state index in [4.69, 9.17) is 4.74 Å². The van der Waals surface area contributed by atoms with Crippen LogP contribution in [0.5, 0.6) is 0 Å². The van der Waals surface area contributed by atoms with Gasteiger partial charge in [-0.3, -0.25) is 4.79 Å². The van der Waals surface area contributed by atoms with Crippen LogP contribution in [0.15, 0.2) is 36.7 Å². The number of amides is 1. The molecule has 1 saturated heterocycles. The van der Waals surface area contributed by atoms with Crippen LogP contribution in [0.1, 0.15) is 12.0 Å². The largest absolute Gasteiger partial charge is 0.378 e. The van der Waals surface area contributed by atoms with Crippen molar-refractivity contribution in [3.63, 3.8) is 0 Å². The Morgan fingerprint density at radius 1 is 1.29 bits per heavy atom. The first kappa shape index (κ1) is 13.8. The molecule has 0 bridgehead atoms. The number of rotatable bonds is 4. The summed E-state index contributed by atoms with van der Waals surface area (Å²) in [7, 11) is 0. The fraction of sp³-hybridized carbons (Fsp3) is 0.400. The van der Waals surface area contributed by atoms with Crippen molar-refractivity contribution < 1.29 is 9.53 Å². The van der Waals surface area contributed by atoms with Gasteiger partial charge < -0.3 is 9.64 Å². The van der Waals surface area contributed by atoms with Crippen molar-refractivity contribution in [3.8, 4) is 5.69 Å². The molecule has 1 aliphatic heterocycles. The third-order valence-corrected chi connectivity index (χ3v) is 3.59. The van der Waals surface area contributed by atoms with Crippen molar-refractivity contribution in [3.05, 3.63) is 42.2 Å². The molecule has 2 heterocycles. The van der Waals surface area contributed by atoms with E-state index in [0.717, 1.165) is 17.7 Å². The molecule has 1 amide bonds. The topological polar surface area (TPSA) is 60.2 Å². The third kappa shape index (κ3) is 3.46. The monoisotopic (exact) mass is 286 g/mol. The lowest BCUT2D eigenvalue weighted by Gasteiger charge is -2.26. The van der Waals surface area contributed by atoms with Gasteiger partial charge in [0.15, 0.2) is 0 Å². The van der Waals surface area contributed by atoms with Crippen molar-refractivity contribution >= 4 is 5.91 Å². The molecule has 21 heavy (non-hydrogen) atoms. The minimum absolute atomic E-state index is 0.199. The average molecular weight is 286 g/mol. The molecule has 6 nitrogen and oxygen atoms in total. The zero-order valence-electron chi connectivity index (χ0n) is 11.8. The van der Waals surface area contributed by atoms with Crippen LogP contribution in [0.2, 0.25) is 0 Å². The van der Waals surface area contributed by atoms with E-state index in [1.54, 1.807) is 17.1 Å². The summed E-state index contributed by atoms with van der Waals surface area (Å²) in [6, 6.07) is 8.03. The first-order valence-corrected chi connectivity index (χ1v) is 7.14. The van der Waals surface area contributed by atoms with Crippen LogP contribution in [-0.4, -0.2) is 52.1 Å². The zero-order valence-corrected chi connectivity index (χ0v) is 11.8. The molecule has 0 aliphatic carbocycles. The van der Waals surface area contributed by atoms with Crippen LogP contribution in [0.4, 0.5) is 0 Å². The highest BCUT2D eigenvalue weighted by Crippen LogP contribution is 2.12. The lowest BCUT2D eigenvalue weighted by Crippen LogP contribution is -2.40. The fourth-order valence-corrected chi connectivity index (χ4v) is 2.42. The van der Waals surface area contributed by atoms with Gasteiger partial charge in [-0.05, 0) is 24.1 Å². The number of carbonyl (C=O) groups excluding carboxylic acids is 1. The number of carbonyl (C=O) groups is 1. The summed E-state index contributed by atoms with van der Waals surface area (Å²) in [5.74, 6) is 0.199. The van der Waals surface area contributed by atoms with Gasteiger partial charge in [-0.1, -0.05) is 17.3 Å². The van der Waals surface area contributed by atoms with Gasteiger partial charge in [0.25, 0.3) is 0 Å². The van der Waals surface area contributed by atoms with Gasteiger partial charge in [0.05, 0.1) is 31.3 Å². The standard InChI is InChI=1S/C15H18N4O2/c20-15(18-8-10-21-11-9-18)5-4-13-2-1-3-14(12-13)19-7-6-16-17-19/h1-3,6-7,12H,4-5,8-11H2. The second-order valence-electron chi connectivity index (χ2n) is 5.01. The highest BCUT2D eigenvalue weighted by atomic mass is 16.5. The molecule has 0 unspecified atom stereocenters. The predicted molar refractivity (Wildman–Crippen MR) is 77.1 cm³/mol. The molecule has 1 fully saturated rings. The lowest BCUT2D eigenvalue weighted by atomic mass is 10.1. The van der Waals surface area contributed by atoms with E-state index >= 15 is 0 Å². The Hall–Kier alpha value is -2.21. The Morgan fingerprint density at radius 2 is 2.14 bits per heavy atom. The molecular weight excluding hydrogens is 268 g/mol. The molecule has 1 aliphatic rings. The SMILES string of the molecule is O=C(CCc1cccc(-n2ccnn2)c1)N1CCOCC1. The number of hydrogen-bond acceptors (Lipinski definition) is 4. The Morgan fingerprint density at radius 3 is 2.90 bits per heavy atom. The van der Waals surface area contributed by atoms with Crippen molar-refractivity contribution in [1.82, 2.24) is 19.9 Å². The highest BCUT2D eigenvalue weighted by molar-refractivity contribution is 5.76. The molecule has 6 heteroatoms. The van der Waals surface area contributed by atoms with Crippen LogP contribution in [-0.2, 0) is 16.0 Å². The van der Waals surface area contributed by atoms with Crippen LogP contribution in [0.25, 0.3) is 5.69 Å². The zero-order chi connectivity index (χ0) is 14.5. The van der Waals surface area contributed by atoms with Gasteiger partial charge >= 0.3 is 0 Å². The molecule has 1 aromatic carbocycles. The summed E-state index contributed by atoms with van der Waals surface area (Å²) in [6.07, 6.45) is 4.71. The maximum absolute atomic E-state index is 12.1. The van der Waals surface area contributed by atoms with E-state index in [2.05, 4.69) is 10.3 Å². The first-order valence-electron chi connectivity index (χ1n) is 7.14. The molecule has 0 saturated carbocycles. The number of aryl methyl sites for hydroxylation is 1. The van der Waals surface area contributed by atoms with Gasteiger partial charge in [-0.25, -0.2) is 4.68 Å². The Balaban J connectivity index is 1.60. The first-order chi connectivity index (χ1) is 10.3. The summed E-state index contributed by atoms with van der Waals surface area (Å²) in [4.78, 5) is 14.0. The second kappa shape index (κ2) is 6.49. The highest BCUT2D eigenvalue weighted by Gasteiger charge is 2.16. The number of aromatic nitrogens is 3. The summed E-state index contributed by atoms with van der Waals surface area (Å²) < 4.78 is 6.98. The summed E-state index contributed by atoms with van der Waals surface area (Å²) in [6.45, 7) is 2.71. The van der Waals surface area contributed by atoms with Crippen LogP contribution >= 0.6 is 0 Å². The number of benzene rings is 1. The van der Waals surface area contributed by atoms with Crippen molar-refractivity contribution in [2.75, 3.05) is 26.3 Å². The quantitative estimate of drug-likeness (QED) is 0.843. The van der Waals surface area contributed by atoms with Crippen molar-refractivity contribution in [2.45, 2.75) is 12.8 Å². The van der Waals surface area contributed by atoms with Gasteiger partial charge in [0.2, 0.25) is 5.91 Å². The molecule has 0 spiro atoms. The van der Waals surface area contributed by atoms with Gasteiger partial charge in [0.1, 0.15) is 0 Å². The molecule has 3 rings (SSSR count). The summed E-state index contributed by atoms with van der Waals surface area (Å²) in [5, 5.41) is 7.78. The summed E-state index contributed by atoms with van der Waals surface area (Å²) >= 11 is 0. The number of nitrogens with zero attached hydrogens (tertiary/aromatic N) is 4. The van der Waals surface area contributed by atoms with E-state index < -0.39 is 0 Å². The molecule has 0 radical (unpaired) electrons. The Kier molecular flexibility index (Phi) is 4.25. The summed E-state index contributed by atoms with van der Waals surface area (Å²) in [5.41, 5.74) is 2.09. The second-order valence-corrected chi connectivity index (χ2v) is 5.01. The molecule has 0 atom stereocenters. The average Bonchev–Trinajstić information content (AvgIpc) is 3.08. The minimum Gasteiger partial charge on any atom is -0.378 e. The lowest BCUT2D eigenvalue weighted by molar-refractivity contribution is -0.135. The van der Waals surface area contributed by atoms with Gasteiger partial charge in [0, 0.05) is 19.5 Å². The number of morpholine rings is 1. The van der Waals surface area contributed by atoms with Crippen molar-refractivity contribution in [1.29, 1.82) is 0 Å². The number of hydrogen-bond donors (Lipinski definition) is 0. The van der Waals surface area contributed by atoms with Gasteiger partial charge in [-0.2, -0.15) is 0 Å². The van der Waals surface area contributed by atoms with Gasteiger partial charge in [-0.15, -0.1) is 5.10 Å².